The molecule has 2 fully saturated rings. The van der Waals surface area contributed by atoms with E-state index in [-0.39, 0.29) is 0 Å². The Bertz CT molecular complexity index is 312. The maximum Gasteiger partial charge on any atom is 0.364 e. The first kappa shape index (κ1) is 12.7. The summed E-state index contributed by atoms with van der Waals surface area (Å²) in [7, 11) is 0. The van der Waals surface area contributed by atoms with Gasteiger partial charge in [0.05, 0.1) is 6.61 Å². The van der Waals surface area contributed by atoms with Crippen LogP contribution in [0.3, 0.4) is 0 Å². The minimum absolute atomic E-state index is 0.482. The molecule has 8 heteroatoms. The number of carboxylic acid groups (broad SMARTS) is 1. The van der Waals surface area contributed by atoms with Crippen LogP contribution in [0.2, 0.25) is 0 Å². The third-order valence-corrected chi connectivity index (χ3v) is 2.92. The van der Waals surface area contributed by atoms with Gasteiger partial charge in [0.1, 0.15) is 24.4 Å². The summed E-state index contributed by atoms with van der Waals surface area (Å²) in [5.41, 5.74) is 0. The molecule has 2 aliphatic rings. The summed E-state index contributed by atoms with van der Waals surface area (Å²) in [6, 6.07) is 0. The maximum atomic E-state index is 11.0. The van der Waals surface area contributed by atoms with Crippen molar-refractivity contribution in [2.45, 2.75) is 43.4 Å². The fourth-order valence-electron chi connectivity index (χ4n) is 1.98. The molecule has 0 aliphatic carbocycles. The van der Waals surface area contributed by atoms with Crippen LogP contribution in [-0.4, -0.2) is 69.5 Å². The zero-order valence-electron chi connectivity index (χ0n) is 9.02. The Hall–Kier alpha value is -0.770. The van der Waals surface area contributed by atoms with E-state index in [1.165, 1.54) is 6.92 Å². The van der Waals surface area contributed by atoms with E-state index < -0.39 is 49.1 Å². The molecule has 0 bridgehead atoms. The molecule has 0 aromatic carbocycles. The predicted molar refractivity (Wildman–Crippen MR) is 49.8 cm³/mol. The third-order valence-electron chi connectivity index (χ3n) is 2.92. The monoisotopic (exact) mass is 250 g/mol. The van der Waals surface area contributed by atoms with Crippen LogP contribution in [0.25, 0.3) is 0 Å². The average molecular weight is 250 g/mol. The number of aliphatic hydroxyl groups excluding tert-OH is 3. The molecule has 2 rings (SSSR count). The first-order valence-electron chi connectivity index (χ1n) is 5.10. The van der Waals surface area contributed by atoms with Crippen LogP contribution in [-0.2, 0) is 19.0 Å². The summed E-state index contributed by atoms with van der Waals surface area (Å²) < 4.78 is 15.2. The van der Waals surface area contributed by atoms with Crippen LogP contribution in [0.1, 0.15) is 6.92 Å². The Kier molecular flexibility index (Phi) is 3.10. The van der Waals surface area contributed by atoms with Gasteiger partial charge < -0.3 is 34.6 Å². The second-order valence-corrected chi connectivity index (χ2v) is 4.15. The minimum atomic E-state index is -1.92. The van der Waals surface area contributed by atoms with Crippen molar-refractivity contribution in [1.29, 1.82) is 0 Å². The summed E-state index contributed by atoms with van der Waals surface area (Å²) in [5, 5.41) is 37.0. The van der Waals surface area contributed by atoms with Crippen molar-refractivity contribution in [3.63, 3.8) is 0 Å². The average Bonchev–Trinajstić information content (AvgIpc) is 2.63. The lowest BCUT2D eigenvalue weighted by Gasteiger charge is -2.36. The zero-order valence-corrected chi connectivity index (χ0v) is 9.02. The number of rotatable bonds is 2. The number of ether oxygens (including phenoxy) is 3. The van der Waals surface area contributed by atoms with Gasteiger partial charge in [-0.25, -0.2) is 4.79 Å². The molecule has 17 heavy (non-hydrogen) atoms. The minimum Gasteiger partial charge on any atom is -0.477 e. The van der Waals surface area contributed by atoms with Gasteiger partial charge in [-0.3, -0.25) is 0 Å². The summed E-state index contributed by atoms with van der Waals surface area (Å²) in [5.74, 6) is -3.28. The second-order valence-electron chi connectivity index (χ2n) is 4.15. The molecule has 8 nitrogen and oxygen atoms in total. The quantitative estimate of drug-likeness (QED) is 0.429. The van der Waals surface area contributed by atoms with Crippen LogP contribution < -0.4 is 0 Å². The van der Waals surface area contributed by atoms with Gasteiger partial charge in [0.25, 0.3) is 5.79 Å². The molecule has 2 heterocycles. The molecule has 0 radical (unpaired) electrons. The van der Waals surface area contributed by atoms with Crippen molar-refractivity contribution in [3.05, 3.63) is 0 Å². The number of fused-ring (bicyclic) bond motifs is 1. The van der Waals surface area contributed by atoms with E-state index >= 15 is 0 Å². The van der Waals surface area contributed by atoms with Gasteiger partial charge >= 0.3 is 5.97 Å². The molecule has 4 N–H and O–H groups in total. The Balaban J connectivity index is 2.23. The third kappa shape index (κ3) is 1.92. The van der Waals surface area contributed by atoms with Crippen LogP contribution in [0.4, 0.5) is 0 Å². The number of carbonyl (C=O) groups is 1. The normalized spacial score (nSPS) is 50.0. The molecule has 0 spiro atoms. The van der Waals surface area contributed by atoms with E-state index in [0.717, 1.165) is 0 Å². The molecular formula is C9H14O8. The summed E-state index contributed by atoms with van der Waals surface area (Å²) in [4.78, 5) is 11.0. The highest BCUT2D eigenvalue weighted by Crippen LogP contribution is 2.37. The smallest absolute Gasteiger partial charge is 0.364 e. The highest BCUT2D eigenvalue weighted by atomic mass is 16.8. The van der Waals surface area contributed by atoms with E-state index in [1.54, 1.807) is 0 Å². The summed E-state index contributed by atoms with van der Waals surface area (Å²) in [6.45, 7) is 0.700. The van der Waals surface area contributed by atoms with Gasteiger partial charge in [-0.2, -0.15) is 0 Å². The van der Waals surface area contributed by atoms with Crippen LogP contribution in [0.5, 0.6) is 0 Å². The summed E-state index contributed by atoms with van der Waals surface area (Å²) in [6.07, 6.45) is -5.92. The highest BCUT2D eigenvalue weighted by molar-refractivity contribution is 5.75. The fraction of sp³-hybridized carbons (Fsp3) is 0.889. The fourth-order valence-corrected chi connectivity index (χ4v) is 1.98. The van der Waals surface area contributed by atoms with Crippen molar-refractivity contribution in [1.82, 2.24) is 0 Å². The second kappa shape index (κ2) is 4.16. The van der Waals surface area contributed by atoms with Crippen LogP contribution >= 0.6 is 0 Å². The Labute approximate surface area is 96.3 Å². The van der Waals surface area contributed by atoms with Gasteiger partial charge in [-0.1, -0.05) is 0 Å². The van der Waals surface area contributed by atoms with Crippen molar-refractivity contribution in [2.24, 2.45) is 0 Å². The number of aliphatic hydroxyl groups is 3. The van der Waals surface area contributed by atoms with Crippen molar-refractivity contribution >= 4 is 5.97 Å². The Morgan fingerprint density at radius 1 is 1.29 bits per heavy atom. The first-order valence-corrected chi connectivity index (χ1v) is 5.10. The Morgan fingerprint density at radius 3 is 2.41 bits per heavy atom. The predicted octanol–water partition coefficient (Wildman–Crippen LogP) is -2.36. The molecule has 0 amide bonds. The van der Waals surface area contributed by atoms with Gasteiger partial charge in [0.15, 0.2) is 6.29 Å². The molecule has 0 aromatic heterocycles. The zero-order chi connectivity index (χ0) is 12.8. The molecule has 6 atom stereocenters. The van der Waals surface area contributed by atoms with Crippen molar-refractivity contribution < 1.29 is 39.4 Å². The van der Waals surface area contributed by atoms with Gasteiger partial charge in [-0.05, 0) is 0 Å². The maximum absolute atomic E-state index is 11.0. The lowest BCUT2D eigenvalue weighted by atomic mass is 10.00. The Morgan fingerprint density at radius 2 is 1.88 bits per heavy atom. The molecule has 1 unspecified atom stereocenters. The number of carboxylic acids is 1. The lowest BCUT2D eigenvalue weighted by molar-refractivity contribution is -0.264. The standard InChI is InChI=1S/C9H14O8/c1-9(8(13)14)16-5-3(2-10)15-7(12)4(11)6(5)17-9/h3-7,10-12H,2H2,1H3,(H,13,14)/t3-,4-,5+,6-,7-,9?/m1/s1. The van der Waals surface area contributed by atoms with Gasteiger partial charge in [-0.15, -0.1) is 0 Å². The number of aliphatic carboxylic acids is 1. The van der Waals surface area contributed by atoms with E-state index in [1.807, 2.05) is 0 Å². The van der Waals surface area contributed by atoms with Gasteiger partial charge in [0.2, 0.25) is 0 Å². The van der Waals surface area contributed by atoms with Crippen LogP contribution in [0, 0.1) is 0 Å². The number of hydrogen-bond donors (Lipinski definition) is 4. The first-order chi connectivity index (χ1) is 7.89. The van der Waals surface area contributed by atoms with E-state index in [2.05, 4.69) is 0 Å². The SMILES string of the molecule is CC1(C(=O)O)O[C@@H]2[C@@H](O)[C@H](O)O[C@H](CO)[C@@H]2O1. The topological polar surface area (TPSA) is 126 Å². The number of hydrogen-bond acceptors (Lipinski definition) is 7. The highest BCUT2D eigenvalue weighted by Gasteiger charge is 2.58. The van der Waals surface area contributed by atoms with E-state index in [0.29, 0.717) is 0 Å². The molecule has 0 aromatic rings. The molecular weight excluding hydrogens is 236 g/mol. The van der Waals surface area contributed by atoms with E-state index in [4.69, 9.17) is 24.4 Å². The van der Waals surface area contributed by atoms with Gasteiger partial charge in [0, 0.05) is 6.92 Å². The van der Waals surface area contributed by atoms with Crippen molar-refractivity contribution in [3.8, 4) is 0 Å². The van der Waals surface area contributed by atoms with Crippen molar-refractivity contribution in [2.75, 3.05) is 6.61 Å². The van der Waals surface area contributed by atoms with Crippen LogP contribution in [0.15, 0.2) is 0 Å². The molecule has 98 valence electrons. The molecule has 2 aliphatic heterocycles. The summed E-state index contributed by atoms with van der Waals surface area (Å²) >= 11 is 0. The largest absolute Gasteiger partial charge is 0.477 e. The lowest BCUT2D eigenvalue weighted by Crippen LogP contribution is -2.57. The molecule has 2 saturated heterocycles. The van der Waals surface area contributed by atoms with E-state index in [9.17, 15) is 15.0 Å². The molecule has 0 saturated carbocycles.